The number of cyclic esters (lactones) is 1. The van der Waals surface area contributed by atoms with Crippen LogP contribution in [0.5, 0.6) is 0 Å². The van der Waals surface area contributed by atoms with Crippen molar-refractivity contribution in [2.24, 2.45) is 0 Å². The lowest BCUT2D eigenvalue weighted by atomic mass is 10.0. The first-order chi connectivity index (χ1) is 8.33. The lowest BCUT2D eigenvalue weighted by Gasteiger charge is -2.10. The van der Waals surface area contributed by atoms with Crippen molar-refractivity contribution in [2.75, 3.05) is 0 Å². The summed E-state index contributed by atoms with van der Waals surface area (Å²) in [6, 6.07) is 7.74. The Kier molecular flexibility index (Phi) is 4.18. The van der Waals surface area contributed by atoms with E-state index in [0.717, 1.165) is 24.0 Å². The quantitative estimate of drug-likeness (QED) is 0.541. The molecule has 2 heteroatoms. The molecule has 0 spiro atoms. The van der Waals surface area contributed by atoms with Crippen LogP contribution in [-0.2, 0) is 4.74 Å². The van der Waals surface area contributed by atoms with Crippen LogP contribution < -0.4 is 0 Å². The van der Waals surface area contributed by atoms with Crippen molar-refractivity contribution in [1.29, 1.82) is 0 Å². The number of esters is 1. The maximum absolute atomic E-state index is 11.6. The van der Waals surface area contributed by atoms with Gasteiger partial charge in [-0.2, -0.15) is 0 Å². The third kappa shape index (κ3) is 2.87. The van der Waals surface area contributed by atoms with Gasteiger partial charge < -0.3 is 4.74 Å². The van der Waals surface area contributed by atoms with Gasteiger partial charge in [0, 0.05) is 5.56 Å². The van der Waals surface area contributed by atoms with Gasteiger partial charge in [-0.25, -0.2) is 4.79 Å². The van der Waals surface area contributed by atoms with E-state index in [1.807, 2.05) is 24.3 Å². The Morgan fingerprint density at radius 3 is 2.71 bits per heavy atom. The minimum atomic E-state index is -0.154. The van der Waals surface area contributed by atoms with Crippen LogP contribution >= 0.6 is 0 Å². The Bertz CT molecular complexity index is 384. The molecule has 17 heavy (non-hydrogen) atoms. The first-order valence-corrected chi connectivity index (χ1v) is 6.63. The molecule has 1 aromatic carbocycles. The van der Waals surface area contributed by atoms with Crippen LogP contribution in [0.2, 0.25) is 0 Å². The molecular weight excluding hydrogens is 212 g/mol. The molecule has 0 aromatic heterocycles. The number of hydrogen-bond donors (Lipinski definition) is 0. The molecule has 0 radical (unpaired) electrons. The van der Waals surface area contributed by atoms with E-state index in [4.69, 9.17) is 4.74 Å². The largest absolute Gasteiger partial charge is 0.454 e. The topological polar surface area (TPSA) is 26.3 Å². The highest BCUT2D eigenvalue weighted by atomic mass is 16.5. The summed E-state index contributed by atoms with van der Waals surface area (Å²) in [6.07, 6.45) is 7.21. The molecule has 1 aliphatic rings. The van der Waals surface area contributed by atoms with Crippen LogP contribution in [0.15, 0.2) is 24.3 Å². The van der Waals surface area contributed by atoms with E-state index in [1.54, 1.807) is 0 Å². The predicted molar refractivity (Wildman–Crippen MR) is 68.0 cm³/mol. The van der Waals surface area contributed by atoms with Gasteiger partial charge >= 0.3 is 5.97 Å². The minimum Gasteiger partial charge on any atom is -0.454 e. The van der Waals surface area contributed by atoms with Crippen LogP contribution in [0.4, 0.5) is 0 Å². The van der Waals surface area contributed by atoms with Crippen molar-refractivity contribution in [1.82, 2.24) is 0 Å². The molecule has 0 saturated carbocycles. The molecule has 0 amide bonds. The van der Waals surface area contributed by atoms with Gasteiger partial charge in [0.15, 0.2) is 0 Å². The first-order valence-electron chi connectivity index (χ1n) is 6.63. The molecule has 2 nitrogen and oxygen atoms in total. The Morgan fingerprint density at radius 1 is 1.12 bits per heavy atom. The lowest BCUT2D eigenvalue weighted by Crippen LogP contribution is -1.98. The Labute approximate surface area is 103 Å². The van der Waals surface area contributed by atoms with Crippen LogP contribution in [0.25, 0.3) is 0 Å². The van der Waals surface area contributed by atoms with Gasteiger partial charge in [0.2, 0.25) is 0 Å². The second-order valence-electron chi connectivity index (χ2n) is 4.68. The van der Waals surface area contributed by atoms with E-state index in [2.05, 4.69) is 6.92 Å². The Morgan fingerprint density at radius 2 is 1.88 bits per heavy atom. The van der Waals surface area contributed by atoms with Gasteiger partial charge in [0.05, 0.1) is 5.56 Å². The van der Waals surface area contributed by atoms with Gasteiger partial charge in [-0.05, 0) is 18.9 Å². The fraction of sp³-hybridized carbons (Fsp3) is 0.533. The number of carbonyl (C=O) groups is 1. The third-order valence-electron chi connectivity index (χ3n) is 3.35. The average molecular weight is 232 g/mol. The van der Waals surface area contributed by atoms with Crippen molar-refractivity contribution in [3.05, 3.63) is 35.4 Å². The summed E-state index contributed by atoms with van der Waals surface area (Å²) in [5.74, 6) is -0.154. The molecule has 1 aromatic rings. The smallest absolute Gasteiger partial charge is 0.339 e. The lowest BCUT2D eigenvalue weighted by molar-refractivity contribution is 0.0363. The number of carbonyl (C=O) groups excluding carboxylic acids is 1. The molecule has 0 N–H and O–H groups in total. The zero-order valence-corrected chi connectivity index (χ0v) is 10.4. The molecule has 1 unspecified atom stereocenters. The maximum Gasteiger partial charge on any atom is 0.339 e. The summed E-state index contributed by atoms with van der Waals surface area (Å²) in [5.41, 5.74) is 1.83. The summed E-state index contributed by atoms with van der Waals surface area (Å²) in [6.45, 7) is 2.22. The van der Waals surface area contributed by atoms with Crippen molar-refractivity contribution in [2.45, 2.75) is 51.6 Å². The number of benzene rings is 1. The SMILES string of the molecule is CCCCCCCC1OC(=O)c2ccccc21. The summed E-state index contributed by atoms with van der Waals surface area (Å²) >= 11 is 0. The number of unbranched alkanes of at least 4 members (excludes halogenated alkanes) is 4. The van der Waals surface area contributed by atoms with E-state index in [9.17, 15) is 4.79 Å². The van der Waals surface area contributed by atoms with Gasteiger partial charge in [0.1, 0.15) is 6.10 Å². The van der Waals surface area contributed by atoms with Gasteiger partial charge in [-0.1, -0.05) is 50.8 Å². The first kappa shape index (κ1) is 12.2. The number of ether oxygens (including phenoxy) is 1. The maximum atomic E-state index is 11.6. The predicted octanol–water partition coefficient (Wildman–Crippen LogP) is 4.26. The molecule has 1 heterocycles. The highest BCUT2D eigenvalue weighted by Crippen LogP contribution is 2.33. The number of hydrogen-bond acceptors (Lipinski definition) is 2. The van der Waals surface area contributed by atoms with Crippen molar-refractivity contribution >= 4 is 5.97 Å². The van der Waals surface area contributed by atoms with E-state index in [0.29, 0.717) is 0 Å². The average Bonchev–Trinajstić information content (AvgIpc) is 2.67. The summed E-state index contributed by atoms with van der Waals surface area (Å²) in [4.78, 5) is 11.6. The van der Waals surface area contributed by atoms with Crippen LogP contribution in [-0.4, -0.2) is 5.97 Å². The molecule has 0 saturated heterocycles. The van der Waals surface area contributed by atoms with Gasteiger partial charge in [-0.3, -0.25) is 0 Å². The molecule has 0 aliphatic carbocycles. The van der Waals surface area contributed by atoms with E-state index in [1.165, 1.54) is 25.7 Å². The Hall–Kier alpha value is -1.31. The fourth-order valence-corrected chi connectivity index (χ4v) is 2.37. The molecular formula is C15H20O2. The van der Waals surface area contributed by atoms with Crippen molar-refractivity contribution in [3.63, 3.8) is 0 Å². The Balaban J connectivity index is 1.85. The van der Waals surface area contributed by atoms with Gasteiger partial charge in [0.25, 0.3) is 0 Å². The molecule has 1 aliphatic heterocycles. The van der Waals surface area contributed by atoms with Crippen molar-refractivity contribution in [3.8, 4) is 0 Å². The highest BCUT2D eigenvalue weighted by Gasteiger charge is 2.29. The standard InChI is InChI=1S/C15H20O2/c1-2-3-4-5-6-11-14-12-9-7-8-10-13(12)15(16)17-14/h7-10,14H,2-6,11H2,1H3. The van der Waals surface area contributed by atoms with Crippen LogP contribution in [0.1, 0.15) is 67.5 Å². The minimum absolute atomic E-state index is 0.000302. The summed E-state index contributed by atoms with van der Waals surface area (Å²) < 4.78 is 5.40. The number of fused-ring (bicyclic) bond motifs is 1. The molecule has 0 bridgehead atoms. The summed E-state index contributed by atoms with van der Waals surface area (Å²) in [5, 5.41) is 0. The number of rotatable bonds is 6. The molecule has 92 valence electrons. The fourth-order valence-electron chi connectivity index (χ4n) is 2.37. The molecule has 0 fully saturated rings. The van der Waals surface area contributed by atoms with E-state index < -0.39 is 0 Å². The summed E-state index contributed by atoms with van der Waals surface area (Å²) in [7, 11) is 0. The zero-order chi connectivity index (χ0) is 12.1. The second-order valence-corrected chi connectivity index (χ2v) is 4.68. The zero-order valence-electron chi connectivity index (χ0n) is 10.4. The van der Waals surface area contributed by atoms with E-state index >= 15 is 0 Å². The molecule has 2 rings (SSSR count). The third-order valence-corrected chi connectivity index (χ3v) is 3.35. The van der Waals surface area contributed by atoms with Gasteiger partial charge in [-0.15, -0.1) is 0 Å². The second kappa shape index (κ2) is 5.85. The highest BCUT2D eigenvalue weighted by molar-refractivity contribution is 5.93. The van der Waals surface area contributed by atoms with Crippen LogP contribution in [0, 0.1) is 0 Å². The van der Waals surface area contributed by atoms with Crippen LogP contribution in [0.3, 0.4) is 0 Å². The monoisotopic (exact) mass is 232 g/mol. The normalized spacial score (nSPS) is 17.9. The molecule has 1 atom stereocenters. The van der Waals surface area contributed by atoms with Crippen molar-refractivity contribution < 1.29 is 9.53 Å². The van der Waals surface area contributed by atoms with E-state index in [-0.39, 0.29) is 12.1 Å².